The van der Waals surface area contributed by atoms with Crippen molar-refractivity contribution in [3.63, 3.8) is 0 Å². The van der Waals surface area contributed by atoms with Crippen LogP contribution < -0.4 is 10.1 Å². The molecular formula is C22H22ClNO2. The summed E-state index contributed by atoms with van der Waals surface area (Å²) in [5.74, 6) is 0.500. The highest BCUT2D eigenvalue weighted by molar-refractivity contribution is 6.32. The monoisotopic (exact) mass is 367 g/mol. The number of benzene rings is 3. The van der Waals surface area contributed by atoms with Crippen LogP contribution in [0.2, 0.25) is 5.02 Å². The zero-order chi connectivity index (χ0) is 18.7. The van der Waals surface area contributed by atoms with Crippen molar-refractivity contribution in [3.8, 4) is 5.75 Å². The van der Waals surface area contributed by atoms with Gasteiger partial charge in [-0.25, -0.2) is 0 Å². The number of carbonyl (C=O) groups is 1. The molecule has 1 amide bonds. The topological polar surface area (TPSA) is 38.3 Å². The molecular weight excluding hydrogens is 346 g/mol. The van der Waals surface area contributed by atoms with Gasteiger partial charge in [0.15, 0.2) is 6.10 Å². The minimum atomic E-state index is -0.593. The lowest BCUT2D eigenvalue weighted by atomic mass is 10.0. The van der Waals surface area contributed by atoms with Gasteiger partial charge in [0.25, 0.3) is 5.91 Å². The number of aryl methyl sites for hydroxylation is 2. The van der Waals surface area contributed by atoms with Crippen molar-refractivity contribution in [1.29, 1.82) is 0 Å². The van der Waals surface area contributed by atoms with Gasteiger partial charge in [-0.15, -0.1) is 0 Å². The molecule has 1 atom stereocenters. The van der Waals surface area contributed by atoms with Crippen LogP contribution in [-0.2, 0) is 11.3 Å². The Balaban J connectivity index is 1.66. The lowest BCUT2D eigenvalue weighted by molar-refractivity contribution is -0.127. The van der Waals surface area contributed by atoms with E-state index in [0.29, 0.717) is 12.3 Å². The van der Waals surface area contributed by atoms with E-state index in [1.807, 2.05) is 50.2 Å². The third kappa shape index (κ3) is 4.00. The highest BCUT2D eigenvalue weighted by Gasteiger charge is 2.15. The van der Waals surface area contributed by atoms with Crippen LogP contribution in [0.4, 0.5) is 0 Å². The molecule has 0 aliphatic carbocycles. The molecule has 4 heteroatoms. The number of fused-ring (bicyclic) bond motifs is 1. The summed E-state index contributed by atoms with van der Waals surface area (Å²) >= 11 is 6.18. The van der Waals surface area contributed by atoms with Gasteiger partial charge in [0.2, 0.25) is 0 Å². The van der Waals surface area contributed by atoms with E-state index in [1.54, 1.807) is 6.92 Å². The average Bonchev–Trinajstić information content (AvgIpc) is 2.64. The molecule has 3 nitrogen and oxygen atoms in total. The Labute approximate surface area is 158 Å². The summed E-state index contributed by atoms with van der Waals surface area (Å²) in [6.07, 6.45) is -0.593. The van der Waals surface area contributed by atoms with Crippen LogP contribution in [-0.4, -0.2) is 12.0 Å². The van der Waals surface area contributed by atoms with E-state index >= 15 is 0 Å². The molecule has 0 heterocycles. The minimum Gasteiger partial charge on any atom is -0.481 e. The van der Waals surface area contributed by atoms with Gasteiger partial charge in [-0.1, -0.05) is 54.1 Å². The summed E-state index contributed by atoms with van der Waals surface area (Å²) < 4.78 is 5.80. The molecule has 0 bridgehead atoms. The number of nitrogens with one attached hydrogen (secondary N) is 1. The fourth-order valence-corrected chi connectivity index (χ4v) is 3.11. The zero-order valence-corrected chi connectivity index (χ0v) is 15.9. The van der Waals surface area contributed by atoms with Crippen molar-refractivity contribution in [2.24, 2.45) is 0 Å². The first kappa shape index (κ1) is 18.3. The van der Waals surface area contributed by atoms with E-state index < -0.39 is 6.10 Å². The maximum Gasteiger partial charge on any atom is 0.261 e. The predicted molar refractivity (Wildman–Crippen MR) is 107 cm³/mol. The summed E-state index contributed by atoms with van der Waals surface area (Å²) in [4.78, 5) is 12.4. The van der Waals surface area contributed by atoms with Crippen molar-refractivity contribution in [2.45, 2.75) is 33.4 Å². The third-order valence-electron chi connectivity index (χ3n) is 4.43. The summed E-state index contributed by atoms with van der Waals surface area (Å²) in [5, 5.41) is 6.00. The number of halogens is 1. The van der Waals surface area contributed by atoms with Crippen molar-refractivity contribution in [1.82, 2.24) is 5.32 Å². The number of amides is 1. The second-order valence-corrected chi connectivity index (χ2v) is 6.87. The van der Waals surface area contributed by atoms with Crippen molar-refractivity contribution >= 4 is 28.3 Å². The van der Waals surface area contributed by atoms with Crippen molar-refractivity contribution in [3.05, 3.63) is 76.3 Å². The summed E-state index contributed by atoms with van der Waals surface area (Å²) in [7, 11) is 0. The second-order valence-electron chi connectivity index (χ2n) is 6.49. The fraction of sp³-hybridized carbons (Fsp3) is 0.227. The first-order valence-electron chi connectivity index (χ1n) is 8.63. The van der Waals surface area contributed by atoms with Crippen LogP contribution in [0.1, 0.15) is 23.6 Å². The van der Waals surface area contributed by atoms with Crippen molar-refractivity contribution in [2.75, 3.05) is 0 Å². The molecule has 1 N–H and O–H groups in total. The molecule has 0 aliphatic rings. The van der Waals surface area contributed by atoms with E-state index in [0.717, 1.165) is 32.5 Å². The van der Waals surface area contributed by atoms with E-state index in [2.05, 4.69) is 23.5 Å². The quantitative estimate of drug-likeness (QED) is 0.673. The Morgan fingerprint density at radius 2 is 1.73 bits per heavy atom. The van der Waals surface area contributed by atoms with Crippen LogP contribution in [0.25, 0.3) is 10.8 Å². The molecule has 3 aromatic rings. The molecule has 3 aromatic carbocycles. The maximum atomic E-state index is 12.4. The molecule has 0 aromatic heterocycles. The Hall–Kier alpha value is -2.52. The van der Waals surface area contributed by atoms with E-state index in [1.165, 1.54) is 0 Å². The number of ether oxygens (including phenoxy) is 1. The number of carbonyl (C=O) groups excluding carboxylic acids is 1. The molecule has 3 rings (SSSR count). The smallest absolute Gasteiger partial charge is 0.261 e. The Morgan fingerprint density at radius 1 is 1.08 bits per heavy atom. The molecule has 26 heavy (non-hydrogen) atoms. The normalized spacial score (nSPS) is 12.0. The van der Waals surface area contributed by atoms with Crippen LogP contribution >= 0.6 is 11.6 Å². The van der Waals surface area contributed by atoms with E-state index in [4.69, 9.17) is 16.3 Å². The first-order valence-corrected chi connectivity index (χ1v) is 9.01. The molecule has 134 valence electrons. The lowest BCUT2D eigenvalue weighted by Gasteiger charge is -2.16. The summed E-state index contributed by atoms with van der Waals surface area (Å²) in [6, 6.07) is 17.9. The Bertz CT molecular complexity index is 924. The molecule has 1 unspecified atom stereocenters. The van der Waals surface area contributed by atoms with Crippen LogP contribution in [0.5, 0.6) is 5.75 Å². The SMILES string of the molecule is Cc1cc(OC(C)C(=O)NCc2cccc3ccccc23)cc(C)c1Cl. The molecule has 0 spiro atoms. The van der Waals surface area contributed by atoms with Crippen molar-refractivity contribution < 1.29 is 9.53 Å². The second kappa shape index (κ2) is 7.79. The molecule has 0 saturated heterocycles. The Kier molecular flexibility index (Phi) is 5.48. The largest absolute Gasteiger partial charge is 0.481 e. The zero-order valence-electron chi connectivity index (χ0n) is 15.2. The Morgan fingerprint density at radius 3 is 2.46 bits per heavy atom. The van der Waals surface area contributed by atoms with Gasteiger partial charge in [0.05, 0.1) is 0 Å². The van der Waals surface area contributed by atoms with E-state index in [-0.39, 0.29) is 5.91 Å². The fourth-order valence-electron chi connectivity index (χ4n) is 3.00. The highest BCUT2D eigenvalue weighted by Crippen LogP contribution is 2.26. The number of rotatable bonds is 5. The van der Waals surface area contributed by atoms with Gasteiger partial charge in [-0.05, 0) is 60.4 Å². The van der Waals surface area contributed by atoms with E-state index in [9.17, 15) is 4.79 Å². The van der Waals surface area contributed by atoms with Gasteiger partial charge in [-0.2, -0.15) is 0 Å². The van der Waals surface area contributed by atoms with Gasteiger partial charge in [0, 0.05) is 11.6 Å². The third-order valence-corrected chi connectivity index (χ3v) is 5.02. The van der Waals surface area contributed by atoms with Gasteiger partial charge < -0.3 is 10.1 Å². The highest BCUT2D eigenvalue weighted by atomic mass is 35.5. The van der Waals surface area contributed by atoms with Gasteiger partial charge in [0.1, 0.15) is 5.75 Å². The summed E-state index contributed by atoms with van der Waals surface area (Å²) in [6.45, 7) is 6.06. The first-order chi connectivity index (χ1) is 12.5. The number of hydrogen-bond donors (Lipinski definition) is 1. The molecule has 0 fully saturated rings. The summed E-state index contributed by atoms with van der Waals surface area (Å²) in [5.41, 5.74) is 2.96. The molecule has 0 saturated carbocycles. The molecule has 0 aliphatic heterocycles. The van der Waals surface area contributed by atoms with Crippen LogP contribution in [0.3, 0.4) is 0 Å². The number of hydrogen-bond acceptors (Lipinski definition) is 2. The standard InChI is InChI=1S/C22H22ClNO2/c1-14-11-19(12-15(2)21(14)23)26-16(3)22(25)24-13-18-9-6-8-17-7-4-5-10-20(17)18/h4-12,16H,13H2,1-3H3,(H,24,25). The predicted octanol–water partition coefficient (Wildman–Crippen LogP) is 5.19. The molecule has 0 radical (unpaired) electrons. The minimum absolute atomic E-state index is 0.150. The maximum absolute atomic E-state index is 12.4. The average molecular weight is 368 g/mol. The van der Waals surface area contributed by atoms with Crippen LogP contribution in [0.15, 0.2) is 54.6 Å². The van der Waals surface area contributed by atoms with Gasteiger partial charge in [-0.3, -0.25) is 4.79 Å². The van der Waals surface area contributed by atoms with Gasteiger partial charge >= 0.3 is 0 Å². The lowest BCUT2D eigenvalue weighted by Crippen LogP contribution is -2.36. The van der Waals surface area contributed by atoms with Crippen LogP contribution in [0, 0.1) is 13.8 Å².